The van der Waals surface area contributed by atoms with E-state index in [0.29, 0.717) is 18.4 Å². The second-order valence-corrected chi connectivity index (χ2v) is 18.7. The summed E-state index contributed by atoms with van der Waals surface area (Å²) in [4.78, 5) is 54.0. The van der Waals surface area contributed by atoms with Crippen LogP contribution in [0.1, 0.15) is 112 Å². The Morgan fingerprint density at radius 3 is 2.28 bits per heavy atom. The lowest BCUT2D eigenvalue weighted by atomic mass is 9.45. The van der Waals surface area contributed by atoms with Crippen molar-refractivity contribution in [3.05, 3.63) is 59.7 Å². The third kappa shape index (κ3) is 8.58. The van der Waals surface area contributed by atoms with Gasteiger partial charge in [-0.25, -0.2) is 14.4 Å². The molecular formula is C44H63NO13. The van der Waals surface area contributed by atoms with Gasteiger partial charge in [-0.3, -0.25) is 4.79 Å². The smallest absolute Gasteiger partial charge is 0.407 e. The number of carbonyl (C=O) groups excluding carboxylic acids is 4. The molecule has 58 heavy (non-hydrogen) atoms. The van der Waals surface area contributed by atoms with E-state index in [1.165, 1.54) is 13.0 Å². The van der Waals surface area contributed by atoms with E-state index < -0.39 is 100 Å². The summed E-state index contributed by atoms with van der Waals surface area (Å²) < 4.78 is 36.6. The fourth-order valence-corrected chi connectivity index (χ4v) is 9.88. The summed E-state index contributed by atoms with van der Waals surface area (Å²) in [5.41, 5.74) is -4.81. The molecule has 1 saturated heterocycles. The topological polar surface area (TPSA) is 196 Å². The van der Waals surface area contributed by atoms with Crippen LogP contribution in [0.3, 0.4) is 0 Å². The highest BCUT2D eigenvalue weighted by Crippen LogP contribution is 2.65. The molecule has 1 aromatic rings. The Labute approximate surface area is 341 Å². The Kier molecular flexibility index (Phi) is 13.0. The van der Waals surface area contributed by atoms with Gasteiger partial charge in [0.25, 0.3) is 0 Å². The predicted octanol–water partition coefficient (Wildman–Crippen LogP) is 5.31. The predicted molar refractivity (Wildman–Crippen MR) is 211 cm³/mol. The van der Waals surface area contributed by atoms with Gasteiger partial charge in [-0.05, 0) is 76.7 Å². The second kappa shape index (κ2) is 16.7. The molecular weight excluding hydrogens is 750 g/mol. The number of aliphatic hydroxyl groups is 3. The van der Waals surface area contributed by atoms with Crippen molar-refractivity contribution in [2.24, 2.45) is 22.7 Å². The summed E-state index contributed by atoms with van der Waals surface area (Å²) in [5, 5.41) is 38.4. The van der Waals surface area contributed by atoms with E-state index in [1.807, 2.05) is 41.5 Å². The van der Waals surface area contributed by atoms with Crippen LogP contribution < -0.4 is 5.32 Å². The highest BCUT2D eigenvalue weighted by molar-refractivity contribution is 5.89. The van der Waals surface area contributed by atoms with Gasteiger partial charge in [0.15, 0.2) is 18.0 Å². The SMILES string of the molecule is C=C[C@H](O)O[C@H]1C[C@H]2OC[C@@]2(OC(C)=O)C2[C@H](OC(=O)c3ccccc3)[C@]3(O)CC(OC(=O)[C@H](O)[C@H](CC(C)C)NC(=O)OC(C)(C)C)C(C)=C(CC[C@@]21C)C3(C)C. The van der Waals surface area contributed by atoms with E-state index in [0.717, 1.165) is 5.57 Å². The largest absolute Gasteiger partial charge is 0.456 e. The van der Waals surface area contributed by atoms with E-state index in [-0.39, 0.29) is 37.4 Å². The average Bonchev–Trinajstić information content (AvgIpc) is 3.11. The number of fused-ring (bicyclic) bond motifs is 5. The quantitative estimate of drug-likeness (QED) is 0.0918. The van der Waals surface area contributed by atoms with Crippen LogP contribution in [0.5, 0.6) is 0 Å². The van der Waals surface area contributed by atoms with Gasteiger partial charge in [0.05, 0.1) is 30.2 Å². The fourth-order valence-electron chi connectivity index (χ4n) is 9.88. The minimum Gasteiger partial charge on any atom is -0.456 e. The van der Waals surface area contributed by atoms with Crippen LogP contribution in [-0.2, 0) is 38.0 Å². The number of nitrogens with one attached hydrogen (secondary N) is 1. The van der Waals surface area contributed by atoms with E-state index in [1.54, 1.807) is 51.1 Å². The van der Waals surface area contributed by atoms with E-state index >= 15 is 0 Å². The Morgan fingerprint density at radius 1 is 1.07 bits per heavy atom. The van der Waals surface area contributed by atoms with E-state index in [4.69, 9.17) is 28.4 Å². The number of esters is 3. The maximum absolute atomic E-state index is 14.3. The Bertz CT molecular complexity index is 1750. The van der Waals surface area contributed by atoms with Crippen LogP contribution in [0.15, 0.2) is 54.1 Å². The highest BCUT2D eigenvalue weighted by Gasteiger charge is 2.75. The van der Waals surface area contributed by atoms with Gasteiger partial charge in [0.2, 0.25) is 0 Å². The number of rotatable bonds is 12. The number of benzene rings is 1. The Morgan fingerprint density at radius 2 is 1.72 bits per heavy atom. The molecule has 1 aromatic carbocycles. The molecule has 0 spiro atoms. The molecule has 1 aliphatic heterocycles. The number of amides is 1. The first kappa shape index (κ1) is 45.3. The standard InChI is InChI=1S/C44H63NO13/c1-12-33(47)55-31-21-32-43(23-53-32,57-26(5)46)35-36(56-37(49)27-16-14-13-15-17-27)44(52)22-30(25(4)28(41(44,9)10)18-19-42(31,35)11)54-38(50)34(48)29(20-24(2)3)45-39(51)58-40(6,7)8/h12-17,24,29-36,47-48,52H,1,18-23H2,2-11H3,(H,45,51)/t29-,30?,31-,32+,33+,34+,35?,36-,42+,43-,44+/m0/s1. The third-order valence-corrected chi connectivity index (χ3v) is 12.8. The summed E-state index contributed by atoms with van der Waals surface area (Å²) in [5.74, 6) is -3.39. The minimum absolute atomic E-state index is 0.0387. The monoisotopic (exact) mass is 813 g/mol. The highest BCUT2D eigenvalue weighted by atomic mass is 16.6. The molecule has 14 nitrogen and oxygen atoms in total. The number of carbonyl (C=O) groups is 4. The van der Waals surface area contributed by atoms with Gasteiger partial charge in [-0.1, -0.05) is 65.0 Å². The molecule has 5 rings (SSSR count). The van der Waals surface area contributed by atoms with Crippen molar-refractivity contribution in [2.75, 3.05) is 6.61 Å². The fraction of sp³-hybridized carbons (Fsp3) is 0.682. The molecule has 3 aliphatic carbocycles. The Balaban J connectivity index is 1.64. The zero-order valence-corrected chi connectivity index (χ0v) is 35.5. The summed E-state index contributed by atoms with van der Waals surface area (Å²) in [6.45, 7) is 21.2. The van der Waals surface area contributed by atoms with Gasteiger partial charge in [-0.15, -0.1) is 0 Å². The van der Waals surface area contributed by atoms with Crippen LogP contribution >= 0.6 is 0 Å². The molecule has 2 saturated carbocycles. The maximum atomic E-state index is 14.3. The molecule has 3 fully saturated rings. The van der Waals surface area contributed by atoms with E-state index in [2.05, 4.69) is 11.9 Å². The summed E-state index contributed by atoms with van der Waals surface area (Å²) >= 11 is 0. The van der Waals surface area contributed by atoms with Crippen molar-refractivity contribution in [1.82, 2.24) is 5.32 Å². The number of alkyl carbamates (subject to hydrolysis) is 1. The second-order valence-electron chi connectivity index (χ2n) is 18.7. The zero-order chi connectivity index (χ0) is 43.2. The van der Waals surface area contributed by atoms with Crippen LogP contribution in [0.4, 0.5) is 4.79 Å². The van der Waals surface area contributed by atoms with E-state index in [9.17, 15) is 34.5 Å². The molecule has 11 atom stereocenters. The van der Waals surface area contributed by atoms with Crippen LogP contribution in [0, 0.1) is 22.7 Å². The van der Waals surface area contributed by atoms with Crippen molar-refractivity contribution < 1.29 is 62.9 Å². The van der Waals surface area contributed by atoms with Crippen molar-refractivity contribution >= 4 is 24.0 Å². The van der Waals surface area contributed by atoms with Gasteiger partial charge in [0, 0.05) is 30.6 Å². The maximum Gasteiger partial charge on any atom is 0.407 e. The molecule has 1 heterocycles. The molecule has 2 unspecified atom stereocenters. The lowest BCUT2D eigenvalue weighted by molar-refractivity contribution is -0.360. The molecule has 4 N–H and O–H groups in total. The normalized spacial score (nSPS) is 33.0. The number of aliphatic hydroxyl groups excluding tert-OH is 2. The minimum atomic E-state index is -2.02. The molecule has 322 valence electrons. The number of ether oxygens (including phenoxy) is 6. The lowest BCUT2D eigenvalue weighted by Crippen LogP contribution is -2.80. The third-order valence-electron chi connectivity index (χ3n) is 12.8. The summed E-state index contributed by atoms with van der Waals surface area (Å²) in [6, 6.07) is 7.24. The molecule has 0 radical (unpaired) electrons. The van der Waals surface area contributed by atoms with Crippen molar-refractivity contribution in [3.8, 4) is 0 Å². The zero-order valence-electron chi connectivity index (χ0n) is 35.5. The van der Waals surface area contributed by atoms with Crippen LogP contribution in [0.2, 0.25) is 0 Å². The first-order valence-corrected chi connectivity index (χ1v) is 20.2. The molecule has 1 amide bonds. The Hall–Kier alpha value is -3.82. The first-order chi connectivity index (χ1) is 26.9. The van der Waals surface area contributed by atoms with Gasteiger partial charge >= 0.3 is 24.0 Å². The summed E-state index contributed by atoms with van der Waals surface area (Å²) in [7, 11) is 0. The van der Waals surface area contributed by atoms with Crippen molar-refractivity contribution in [3.63, 3.8) is 0 Å². The molecule has 14 heteroatoms. The molecule has 4 aliphatic rings. The lowest BCUT2D eigenvalue weighted by Gasteiger charge is -2.68. The molecule has 2 bridgehead atoms. The van der Waals surface area contributed by atoms with Crippen LogP contribution in [-0.4, -0.2) is 106 Å². The first-order valence-electron chi connectivity index (χ1n) is 20.2. The van der Waals surface area contributed by atoms with Gasteiger partial charge < -0.3 is 49.1 Å². The van der Waals surface area contributed by atoms with Crippen molar-refractivity contribution in [2.45, 2.75) is 161 Å². The molecule has 0 aromatic heterocycles. The number of hydrogen-bond acceptors (Lipinski definition) is 13. The van der Waals surface area contributed by atoms with Gasteiger partial charge in [-0.2, -0.15) is 0 Å². The number of hydrogen-bond donors (Lipinski definition) is 4. The van der Waals surface area contributed by atoms with Gasteiger partial charge in [0.1, 0.15) is 29.5 Å². The van der Waals surface area contributed by atoms with Crippen LogP contribution in [0.25, 0.3) is 0 Å². The van der Waals surface area contributed by atoms with Crippen molar-refractivity contribution in [1.29, 1.82) is 0 Å². The average molecular weight is 814 g/mol. The summed E-state index contributed by atoms with van der Waals surface area (Å²) in [6.07, 6.45) is -5.94.